The predicted molar refractivity (Wildman–Crippen MR) is 67.7 cm³/mol. The highest BCUT2D eigenvalue weighted by Gasteiger charge is 2.18. The second kappa shape index (κ2) is 5.21. The zero-order valence-corrected chi connectivity index (χ0v) is 11.1. The third-order valence-corrected chi connectivity index (χ3v) is 3.53. The van der Waals surface area contributed by atoms with E-state index in [0.717, 1.165) is 37.2 Å². The minimum Gasteiger partial charge on any atom is -0.345 e. The predicted octanol–water partition coefficient (Wildman–Crippen LogP) is 0.187. The fourth-order valence-corrected chi connectivity index (χ4v) is 2.36. The van der Waals surface area contributed by atoms with E-state index in [-0.39, 0.29) is 0 Å². The molecule has 0 atom stereocenters. The van der Waals surface area contributed by atoms with Gasteiger partial charge < -0.3 is 9.80 Å². The number of nitrogens with zero attached hydrogens (tertiary/aromatic N) is 3. The molecule has 1 aromatic rings. The van der Waals surface area contributed by atoms with E-state index >= 15 is 0 Å². The summed E-state index contributed by atoms with van der Waals surface area (Å²) in [7, 11) is 2.22. The van der Waals surface area contributed by atoms with Gasteiger partial charge in [0.1, 0.15) is 11.0 Å². The molecule has 1 saturated heterocycles. The van der Waals surface area contributed by atoms with Crippen LogP contribution in [-0.4, -0.2) is 49.5 Å². The van der Waals surface area contributed by atoms with Crippen LogP contribution in [0.1, 0.15) is 0 Å². The van der Waals surface area contributed by atoms with Gasteiger partial charge in [-0.1, -0.05) is 23.4 Å². The number of hydrogen-bond donors (Lipinski definition) is 1. The fraction of sp³-hybridized carbons (Fsp3) is 0.600. The van der Waals surface area contributed by atoms with Gasteiger partial charge in [0, 0.05) is 6.07 Å². The molecule has 0 radical (unpaired) electrons. The molecule has 0 aromatic carbocycles. The summed E-state index contributed by atoms with van der Waals surface area (Å²) in [4.78, 5) is 12.5. The molecule has 0 saturated carbocycles. The van der Waals surface area contributed by atoms with Crippen molar-refractivity contribution in [2.75, 3.05) is 44.4 Å². The maximum atomic E-state index is 5.98. The lowest BCUT2D eigenvalue weighted by Gasteiger charge is -2.30. The van der Waals surface area contributed by atoms with Crippen molar-refractivity contribution >= 4 is 29.2 Å². The number of rotatable bonds is 2. The van der Waals surface area contributed by atoms with E-state index < -0.39 is 0 Å². The summed E-state index contributed by atoms with van der Waals surface area (Å²) in [6.07, 6.45) is 1.96. The van der Waals surface area contributed by atoms with Crippen molar-refractivity contribution in [1.82, 2.24) is 9.97 Å². The van der Waals surface area contributed by atoms with Crippen LogP contribution in [0.5, 0.6) is 0 Å². The monoisotopic (exact) mass is 259 g/mol. The molecule has 0 aliphatic carbocycles. The number of thioether (sulfide) groups is 1. The van der Waals surface area contributed by atoms with Crippen LogP contribution in [0.2, 0.25) is 5.15 Å². The zero-order valence-electron chi connectivity index (χ0n) is 9.53. The van der Waals surface area contributed by atoms with Gasteiger partial charge in [-0.25, -0.2) is 9.97 Å². The maximum absolute atomic E-state index is 5.98. The van der Waals surface area contributed by atoms with Crippen molar-refractivity contribution in [3.63, 3.8) is 0 Å². The first kappa shape index (κ1) is 12.0. The van der Waals surface area contributed by atoms with E-state index in [1.54, 1.807) is 4.90 Å². The third-order valence-electron chi connectivity index (χ3n) is 2.78. The summed E-state index contributed by atoms with van der Waals surface area (Å²) in [5.74, 6) is 0.955. The van der Waals surface area contributed by atoms with Crippen molar-refractivity contribution < 1.29 is 4.90 Å². The molecule has 6 heteroatoms. The van der Waals surface area contributed by atoms with Gasteiger partial charge in [0.15, 0.2) is 5.16 Å². The van der Waals surface area contributed by atoms with Crippen molar-refractivity contribution in [3.05, 3.63) is 11.2 Å². The van der Waals surface area contributed by atoms with Crippen LogP contribution in [-0.2, 0) is 0 Å². The molecule has 2 heterocycles. The Hall–Kier alpha value is -0.520. The highest BCUT2D eigenvalue weighted by atomic mass is 35.5. The van der Waals surface area contributed by atoms with Crippen LogP contribution in [0.4, 0.5) is 5.82 Å². The van der Waals surface area contributed by atoms with Crippen LogP contribution in [0.25, 0.3) is 0 Å². The number of halogens is 1. The summed E-state index contributed by atoms with van der Waals surface area (Å²) in [5, 5.41) is 1.27. The van der Waals surface area contributed by atoms with E-state index in [1.165, 1.54) is 11.8 Å². The van der Waals surface area contributed by atoms with Gasteiger partial charge in [-0.05, 0) is 6.26 Å². The number of piperazine rings is 1. The average molecular weight is 260 g/mol. The van der Waals surface area contributed by atoms with Gasteiger partial charge in [-0.15, -0.1) is 0 Å². The summed E-state index contributed by atoms with van der Waals surface area (Å²) in [6, 6.07) is 1.85. The molecular weight excluding hydrogens is 244 g/mol. The molecule has 0 spiro atoms. The Bertz CT molecular complexity index is 366. The Morgan fingerprint density at radius 1 is 1.38 bits per heavy atom. The third kappa shape index (κ3) is 2.78. The number of nitrogens with one attached hydrogen (secondary N) is 1. The molecule has 4 nitrogen and oxygen atoms in total. The van der Waals surface area contributed by atoms with Crippen LogP contribution >= 0.6 is 23.4 Å². The Labute approximate surface area is 105 Å². The van der Waals surface area contributed by atoms with Crippen molar-refractivity contribution in [2.45, 2.75) is 5.16 Å². The largest absolute Gasteiger partial charge is 0.345 e. The number of aromatic nitrogens is 2. The zero-order chi connectivity index (χ0) is 11.5. The van der Waals surface area contributed by atoms with Gasteiger partial charge in [0.2, 0.25) is 0 Å². The maximum Gasteiger partial charge on any atom is 0.190 e. The molecule has 1 N–H and O–H groups in total. The number of likely N-dealkylation sites (N-methyl/N-ethyl adjacent to an activating group) is 1. The molecule has 0 amide bonds. The number of anilines is 1. The summed E-state index contributed by atoms with van der Waals surface area (Å²) in [5.41, 5.74) is 0. The van der Waals surface area contributed by atoms with Crippen LogP contribution in [0, 0.1) is 0 Å². The average Bonchev–Trinajstić information content (AvgIpc) is 2.29. The smallest absolute Gasteiger partial charge is 0.190 e. The first-order chi connectivity index (χ1) is 7.69. The van der Waals surface area contributed by atoms with Gasteiger partial charge in [0.05, 0.1) is 33.2 Å². The molecular formula is C10H16ClN4S+. The van der Waals surface area contributed by atoms with Crippen molar-refractivity contribution in [2.24, 2.45) is 0 Å². The molecule has 1 fully saturated rings. The summed E-state index contributed by atoms with van der Waals surface area (Å²) < 4.78 is 0. The quantitative estimate of drug-likeness (QED) is 0.467. The van der Waals surface area contributed by atoms with E-state index in [1.807, 2.05) is 12.3 Å². The van der Waals surface area contributed by atoms with E-state index in [9.17, 15) is 0 Å². The second-order valence-electron chi connectivity index (χ2n) is 3.98. The molecule has 16 heavy (non-hydrogen) atoms. The van der Waals surface area contributed by atoms with Gasteiger partial charge in [-0.3, -0.25) is 0 Å². The van der Waals surface area contributed by atoms with Crippen LogP contribution in [0.3, 0.4) is 0 Å². The Kier molecular flexibility index (Phi) is 3.89. The minimum absolute atomic E-state index is 0.528. The first-order valence-corrected chi connectivity index (χ1v) is 6.94. The topological polar surface area (TPSA) is 33.5 Å². The van der Waals surface area contributed by atoms with Gasteiger partial charge in [-0.2, -0.15) is 0 Å². The summed E-state index contributed by atoms with van der Waals surface area (Å²) in [6.45, 7) is 4.37. The number of quaternary nitrogens is 1. The van der Waals surface area contributed by atoms with Gasteiger partial charge >= 0.3 is 0 Å². The molecule has 1 aliphatic heterocycles. The van der Waals surface area contributed by atoms with E-state index in [0.29, 0.717) is 5.15 Å². The van der Waals surface area contributed by atoms with E-state index in [4.69, 9.17) is 11.6 Å². The molecule has 1 aliphatic rings. The summed E-state index contributed by atoms with van der Waals surface area (Å²) >= 11 is 7.50. The Morgan fingerprint density at radius 3 is 2.69 bits per heavy atom. The lowest BCUT2D eigenvalue weighted by Crippen LogP contribution is -3.12. The standard InChI is InChI=1S/C10H15ClN4S/c1-14-3-5-15(6-4-14)9-7-8(11)12-10(13-9)16-2/h7H,3-6H2,1-2H3/p+1. The van der Waals surface area contributed by atoms with Crippen molar-refractivity contribution in [1.29, 1.82) is 0 Å². The highest BCUT2D eigenvalue weighted by Crippen LogP contribution is 2.20. The lowest BCUT2D eigenvalue weighted by molar-refractivity contribution is -0.880. The molecule has 1 aromatic heterocycles. The van der Waals surface area contributed by atoms with Gasteiger partial charge in [0.25, 0.3) is 0 Å². The second-order valence-corrected chi connectivity index (χ2v) is 5.14. The molecule has 0 bridgehead atoms. The number of hydrogen-bond acceptors (Lipinski definition) is 4. The molecule has 2 rings (SSSR count). The van der Waals surface area contributed by atoms with Crippen LogP contribution in [0.15, 0.2) is 11.2 Å². The molecule has 0 unspecified atom stereocenters. The Morgan fingerprint density at radius 2 is 2.06 bits per heavy atom. The fourth-order valence-electron chi connectivity index (χ4n) is 1.76. The normalized spacial score (nSPS) is 17.8. The van der Waals surface area contributed by atoms with Crippen LogP contribution < -0.4 is 9.80 Å². The minimum atomic E-state index is 0.528. The van der Waals surface area contributed by atoms with E-state index in [2.05, 4.69) is 21.9 Å². The SMILES string of the molecule is CSc1nc(Cl)cc(N2CC[NH+](C)CC2)n1. The Balaban J connectivity index is 2.16. The first-order valence-electron chi connectivity index (χ1n) is 5.34. The van der Waals surface area contributed by atoms with Crippen molar-refractivity contribution in [3.8, 4) is 0 Å². The molecule has 88 valence electrons. The lowest BCUT2D eigenvalue weighted by atomic mass is 10.3. The highest BCUT2D eigenvalue weighted by molar-refractivity contribution is 7.98.